The summed E-state index contributed by atoms with van der Waals surface area (Å²) >= 11 is 0. The quantitative estimate of drug-likeness (QED) is 0.435. The van der Waals surface area contributed by atoms with E-state index in [1.54, 1.807) is 19.1 Å². The Hall–Kier alpha value is -3.99. The van der Waals surface area contributed by atoms with Crippen LogP contribution in [0.15, 0.2) is 59.8 Å². The molecule has 0 radical (unpaired) electrons. The Morgan fingerprint density at radius 2 is 1.66 bits per heavy atom. The van der Waals surface area contributed by atoms with Crippen LogP contribution in [0.1, 0.15) is 41.6 Å². The van der Waals surface area contributed by atoms with Gasteiger partial charge in [0.05, 0.1) is 30.0 Å². The molecule has 1 amide bonds. The third kappa shape index (κ3) is 7.24. The van der Waals surface area contributed by atoms with E-state index in [0.717, 1.165) is 6.26 Å². The molecule has 0 aliphatic carbocycles. The first-order valence-electron chi connectivity index (χ1n) is 10.7. The number of benzene rings is 2. The van der Waals surface area contributed by atoms with Crippen molar-refractivity contribution in [2.45, 2.75) is 31.8 Å². The van der Waals surface area contributed by atoms with Crippen LogP contribution in [0.2, 0.25) is 0 Å². The molecule has 3 rings (SSSR count). The van der Waals surface area contributed by atoms with Crippen LogP contribution in [0.25, 0.3) is 0 Å². The molecule has 35 heavy (non-hydrogen) atoms. The van der Waals surface area contributed by atoms with Gasteiger partial charge < -0.3 is 19.5 Å². The molecule has 2 aromatic carbocycles. The van der Waals surface area contributed by atoms with Crippen molar-refractivity contribution in [1.29, 1.82) is 0 Å². The average Bonchev–Trinajstić information content (AvgIpc) is 2.79. The first-order chi connectivity index (χ1) is 16.5. The molecular weight excluding hydrogens is 474 g/mol. The molecule has 1 heterocycles. The number of esters is 1. The van der Waals surface area contributed by atoms with Crippen molar-refractivity contribution < 1.29 is 32.2 Å². The Morgan fingerprint density at radius 3 is 2.23 bits per heavy atom. The van der Waals surface area contributed by atoms with Crippen LogP contribution in [-0.2, 0) is 14.6 Å². The molecule has 1 N–H and O–H groups in total. The maximum atomic E-state index is 12.9. The van der Waals surface area contributed by atoms with Crippen LogP contribution in [0.4, 0.5) is 5.82 Å². The van der Waals surface area contributed by atoms with Gasteiger partial charge in [-0.25, -0.2) is 23.2 Å². The standard InChI is InChI=1S/C24H25N3O7S/c1-5-32-24(29)21-13-26-22(14-25-21)27-23(28)16-10-18(33-15(2)3)12-19(11-16)34-17-6-8-20(9-7-17)35(4,30)31/h6-15H,5H2,1-4H3,(H,26,27,28). The predicted molar refractivity (Wildman–Crippen MR) is 128 cm³/mol. The van der Waals surface area contributed by atoms with E-state index in [2.05, 4.69) is 15.3 Å². The first kappa shape index (κ1) is 25.6. The van der Waals surface area contributed by atoms with Crippen molar-refractivity contribution in [3.8, 4) is 17.2 Å². The minimum absolute atomic E-state index is 0.0229. The Kier molecular flexibility index (Phi) is 8.02. The highest BCUT2D eigenvalue weighted by Gasteiger charge is 2.15. The number of hydrogen-bond donors (Lipinski definition) is 1. The van der Waals surface area contributed by atoms with Gasteiger partial charge in [0.1, 0.15) is 17.2 Å². The zero-order chi connectivity index (χ0) is 25.6. The summed E-state index contributed by atoms with van der Waals surface area (Å²) in [5, 5.41) is 2.61. The van der Waals surface area contributed by atoms with Gasteiger partial charge in [0.25, 0.3) is 5.91 Å². The highest BCUT2D eigenvalue weighted by atomic mass is 32.2. The summed E-state index contributed by atoms with van der Waals surface area (Å²) in [6, 6.07) is 10.6. The molecule has 0 saturated carbocycles. The number of carbonyl (C=O) groups excluding carboxylic acids is 2. The highest BCUT2D eigenvalue weighted by Crippen LogP contribution is 2.29. The fourth-order valence-electron chi connectivity index (χ4n) is 2.88. The fraction of sp³-hybridized carbons (Fsp3) is 0.250. The molecule has 1 aromatic heterocycles. The number of nitrogens with one attached hydrogen (secondary N) is 1. The molecule has 11 heteroatoms. The van der Waals surface area contributed by atoms with E-state index in [0.29, 0.717) is 17.2 Å². The topological polar surface area (TPSA) is 134 Å². The smallest absolute Gasteiger partial charge is 0.358 e. The number of rotatable bonds is 9. The first-order valence-corrected chi connectivity index (χ1v) is 12.5. The van der Waals surface area contributed by atoms with Crippen LogP contribution in [-0.4, -0.2) is 49.2 Å². The van der Waals surface area contributed by atoms with Gasteiger partial charge in [-0.05, 0) is 57.2 Å². The van der Waals surface area contributed by atoms with E-state index >= 15 is 0 Å². The molecule has 0 aliphatic rings. The lowest BCUT2D eigenvalue weighted by Gasteiger charge is -2.14. The maximum Gasteiger partial charge on any atom is 0.358 e. The van der Waals surface area contributed by atoms with E-state index in [1.807, 2.05) is 13.8 Å². The lowest BCUT2D eigenvalue weighted by atomic mass is 10.2. The van der Waals surface area contributed by atoms with Crippen LogP contribution in [0.5, 0.6) is 17.2 Å². The predicted octanol–water partition coefficient (Wildman–Crippen LogP) is 3.89. The van der Waals surface area contributed by atoms with Crippen molar-refractivity contribution in [2.75, 3.05) is 18.2 Å². The minimum Gasteiger partial charge on any atom is -0.491 e. The van der Waals surface area contributed by atoms with Crippen molar-refractivity contribution >= 4 is 27.5 Å². The second-order valence-electron chi connectivity index (χ2n) is 7.67. The summed E-state index contributed by atoms with van der Waals surface area (Å²) in [5.74, 6) is 0.115. The summed E-state index contributed by atoms with van der Waals surface area (Å²) in [7, 11) is -3.34. The number of hydrogen-bond acceptors (Lipinski definition) is 9. The van der Waals surface area contributed by atoms with Crippen molar-refractivity contribution in [3.05, 3.63) is 66.1 Å². The monoisotopic (exact) mass is 499 g/mol. The summed E-state index contributed by atoms with van der Waals surface area (Å²) in [6.07, 6.45) is 3.42. The van der Waals surface area contributed by atoms with Gasteiger partial charge in [0.15, 0.2) is 21.3 Å². The molecule has 10 nitrogen and oxygen atoms in total. The number of aromatic nitrogens is 2. The SMILES string of the molecule is CCOC(=O)c1cnc(NC(=O)c2cc(Oc3ccc(S(C)(=O)=O)cc3)cc(OC(C)C)c2)cn1. The molecule has 0 fully saturated rings. The molecule has 0 bridgehead atoms. The summed E-state index contributed by atoms with van der Waals surface area (Å²) in [4.78, 5) is 32.7. The largest absolute Gasteiger partial charge is 0.491 e. The Bertz CT molecular complexity index is 1310. The second-order valence-corrected chi connectivity index (χ2v) is 9.68. The molecule has 3 aromatic rings. The number of amides is 1. The van der Waals surface area contributed by atoms with Crippen LogP contribution in [0.3, 0.4) is 0 Å². The van der Waals surface area contributed by atoms with Gasteiger partial charge in [-0.15, -0.1) is 0 Å². The third-order valence-electron chi connectivity index (χ3n) is 4.38. The summed E-state index contributed by atoms with van der Waals surface area (Å²) < 4.78 is 39.8. The number of anilines is 1. The zero-order valence-corrected chi connectivity index (χ0v) is 20.5. The lowest BCUT2D eigenvalue weighted by molar-refractivity contribution is 0.0519. The molecule has 0 unspecified atom stereocenters. The molecule has 0 aliphatic heterocycles. The normalized spacial score (nSPS) is 11.1. The van der Waals surface area contributed by atoms with E-state index in [9.17, 15) is 18.0 Å². The Labute approximate surface area is 203 Å². The number of nitrogens with zero attached hydrogens (tertiary/aromatic N) is 2. The van der Waals surface area contributed by atoms with E-state index in [4.69, 9.17) is 14.2 Å². The van der Waals surface area contributed by atoms with Gasteiger partial charge >= 0.3 is 5.97 Å². The molecule has 184 valence electrons. The third-order valence-corrected chi connectivity index (χ3v) is 5.51. The Morgan fingerprint density at radius 1 is 0.971 bits per heavy atom. The van der Waals surface area contributed by atoms with Crippen LogP contribution >= 0.6 is 0 Å². The van der Waals surface area contributed by atoms with E-state index < -0.39 is 21.7 Å². The summed E-state index contributed by atoms with van der Waals surface area (Å²) in [6.45, 7) is 5.58. The van der Waals surface area contributed by atoms with Crippen LogP contribution < -0.4 is 14.8 Å². The number of carbonyl (C=O) groups is 2. The van der Waals surface area contributed by atoms with E-state index in [1.165, 1.54) is 42.7 Å². The average molecular weight is 500 g/mol. The number of ether oxygens (including phenoxy) is 3. The lowest BCUT2D eigenvalue weighted by Crippen LogP contribution is -2.15. The van der Waals surface area contributed by atoms with Crippen LogP contribution in [0, 0.1) is 0 Å². The van der Waals surface area contributed by atoms with Crippen molar-refractivity contribution in [1.82, 2.24) is 9.97 Å². The van der Waals surface area contributed by atoms with E-state index in [-0.39, 0.29) is 34.7 Å². The second kappa shape index (κ2) is 11.0. The molecule has 0 atom stereocenters. The molecule has 0 saturated heterocycles. The molecule has 0 spiro atoms. The number of sulfone groups is 1. The molecular formula is C24H25N3O7S. The van der Waals surface area contributed by atoms with Gasteiger partial charge in [0, 0.05) is 17.9 Å². The van der Waals surface area contributed by atoms with Gasteiger partial charge in [-0.1, -0.05) is 0 Å². The fourth-order valence-corrected chi connectivity index (χ4v) is 3.51. The Balaban J connectivity index is 1.82. The van der Waals surface area contributed by atoms with Gasteiger partial charge in [0.2, 0.25) is 0 Å². The minimum atomic E-state index is -3.34. The summed E-state index contributed by atoms with van der Waals surface area (Å²) in [5.41, 5.74) is 0.247. The van der Waals surface area contributed by atoms with Gasteiger partial charge in [-0.3, -0.25) is 4.79 Å². The zero-order valence-electron chi connectivity index (χ0n) is 19.6. The van der Waals surface area contributed by atoms with Gasteiger partial charge in [-0.2, -0.15) is 0 Å². The highest BCUT2D eigenvalue weighted by molar-refractivity contribution is 7.90. The maximum absolute atomic E-state index is 12.9. The van der Waals surface area contributed by atoms with Crippen molar-refractivity contribution in [3.63, 3.8) is 0 Å². The van der Waals surface area contributed by atoms with Crippen molar-refractivity contribution in [2.24, 2.45) is 0 Å².